The van der Waals surface area contributed by atoms with Gasteiger partial charge in [-0.1, -0.05) is 37.3 Å². The number of amides is 2. The largest absolute Gasteiger partial charge is 0.338 e. The summed E-state index contributed by atoms with van der Waals surface area (Å²) in [7, 11) is 0. The van der Waals surface area contributed by atoms with Gasteiger partial charge in [0.15, 0.2) is 0 Å². The molecule has 1 atom stereocenters. The number of rotatable bonds is 6. The molecule has 2 aromatic rings. The molecule has 0 aliphatic carbocycles. The Morgan fingerprint density at radius 1 is 1.14 bits per heavy atom. The van der Waals surface area contributed by atoms with Crippen LogP contribution in [0.1, 0.15) is 36.1 Å². The second-order valence-electron chi connectivity index (χ2n) is 5.30. The van der Waals surface area contributed by atoms with E-state index in [0.29, 0.717) is 13.1 Å². The van der Waals surface area contributed by atoms with Gasteiger partial charge in [0.1, 0.15) is 0 Å². The molecule has 4 heteroatoms. The number of pyridine rings is 1. The third kappa shape index (κ3) is 4.32. The van der Waals surface area contributed by atoms with E-state index in [2.05, 4.69) is 34.7 Å². The van der Waals surface area contributed by atoms with Gasteiger partial charge in [0, 0.05) is 30.9 Å². The van der Waals surface area contributed by atoms with Crippen LogP contribution in [0.3, 0.4) is 0 Å². The van der Waals surface area contributed by atoms with Crippen LogP contribution < -0.4 is 10.6 Å². The molecule has 0 bridgehead atoms. The number of nitrogens with one attached hydrogen (secondary N) is 2. The van der Waals surface area contributed by atoms with Crippen LogP contribution in [0.2, 0.25) is 0 Å². The van der Waals surface area contributed by atoms with E-state index in [1.54, 1.807) is 6.20 Å². The molecule has 1 aromatic carbocycles. The van der Waals surface area contributed by atoms with Crippen molar-refractivity contribution < 1.29 is 4.79 Å². The summed E-state index contributed by atoms with van der Waals surface area (Å²) in [6.45, 7) is 5.33. The van der Waals surface area contributed by atoms with Crippen molar-refractivity contribution >= 4 is 6.03 Å². The molecule has 0 saturated carbocycles. The Hall–Kier alpha value is -2.36. The van der Waals surface area contributed by atoms with Crippen LogP contribution in [0.15, 0.2) is 48.7 Å². The third-order valence-corrected chi connectivity index (χ3v) is 3.61. The first kappa shape index (κ1) is 16.0. The fraction of sp³-hybridized carbons (Fsp3) is 0.333. The van der Waals surface area contributed by atoms with Crippen molar-refractivity contribution in [2.24, 2.45) is 0 Å². The minimum Gasteiger partial charge on any atom is -0.338 e. The average molecular weight is 297 g/mol. The molecule has 1 heterocycles. The average Bonchev–Trinajstić information content (AvgIpc) is 2.55. The van der Waals surface area contributed by atoms with Crippen LogP contribution >= 0.6 is 0 Å². The molecule has 2 rings (SSSR count). The monoisotopic (exact) mass is 297 g/mol. The molecule has 4 nitrogen and oxygen atoms in total. The number of nitrogens with zero attached hydrogens (tertiary/aromatic N) is 1. The summed E-state index contributed by atoms with van der Waals surface area (Å²) in [5.74, 6) is 0.0507. The van der Waals surface area contributed by atoms with Crippen molar-refractivity contribution in [2.45, 2.75) is 26.2 Å². The number of benzene rings is 1. The molecular formula is C18H23N3O. The van der Waals surface area contributed by atoms with Crippen molar-refractivity contribution in [2.75, 3.05) is 13.1 Å². The summed E-state index contributed by atoms with van der Waals surface area (Å²) in [6.07, 6.45) is 2.71. The van der Waals surface area contributed by atoms with E-state index in [4.69, 9.17) is 0 Å². The highest BCUT2D eigenvalue weighted by Gasteiger charge is 2.18. The van der Waals surface area contributed by atoms with E-state index >= 15 is 0 Å². The molecule has 2 amide bonds. The van der Waals surface area contributed by atoms with Crippen molar-refractivity contribution in [3.63, 3.8) is 0 Å². The maximum atomic E-state index is 11.8. The van der Waals surface area contributed by atoms with E-state index in [1.165, 1.54) is 11.1 Å². The summed E-state index contributed by atoms with van der Waals surface area (Å²) in [4.78, 5) is 16.3. The quantitative estimate of drug-likeness (QED) is 0.860. The molecule has 1 unspecified atom stereocenters. The van der Waals surface area contributed by atoms with Crippen LogP contribution in [-0.4, -0.2) is 24.1 Å². The normalized spacial score (nSPS) is 11.7. The SMILES string of the molecule is CCCNC(=O)NCC(c1ccccn1)c1ccccc1C. The lowest BCUT2D eigenvalue weighted by molar-refractivity contribution is 0.240. The van der Waals surface area contributed by atoms with Crippen LogP contribution in [0.25, 0.3) is 0 Å². The zero-order chi connectivity index (χ0) is 15.8. The minimum atomic E-state index is -0.128. The smallest absolute Gasteiger partial charge is 0.314 e. The van der Waals surface area contributed by atoms with Gasteiger partial charge in [-0.3, -0.25) is 4.98 Å². The number of aryl methyl sites for hydroxylation is 1. The summed E-state index contributed by atoms with van der Waals surface area (Å²) < 4.78 is 0. The molecule has 0 aliphatic rings. The van der Waals surface area contributed by atoms with E-state index in [9.17, 15) is 4.79 Å². The number of hydrogen-bond donors (Lipinski definition) is 2. The maximum Gasteiger partial charge on any atom is 0.314 e. The molecule has 1 aromatic heterocycles. The van der Waals surface area contributed by atoms with Gasteiger partial charge in [-0.15, -0.1) is 0 Å². The van der Waals surface area contributed by atoms with E-state index < -0.39 is 0 Å². The number of carbonyl (C=O) groups is 1. The highest BCUT2D eigenvalue weighted by Crippen LogP contribution is 2.25. The minimum absolute atomic E-state index is 0.0507. The first-order valence-corrected chi connectivity index (χ1v) is 7.70. The van der Waals surface area contributed by atoms with Crippen molar-refractivity contribution in [1.82, 2.24) is 15.6 Å². The zero-order valence-electron chi connectivity index (χ0n) is 13.2. The lowest BCUT2D eigenvalue weighted by atomic mass is 9.91. The Morgan fingerprint density at radius 3 is 2.59 bits per heavy atom. The lowest BCUT2D eigenvalue weighted by Crippen LogP contribution is -2.38. The Kier molecular flexibility index (Phi) is 5.95. The van der Waals surface area contributed by atoms with Gasteiger partial charge in [-0.25, -0.2) is 4.79 Å². The highest BCUT2D eigenvalue weighted by molar-refractivity contribution is 5.73. The predicted octanol–water partition coefficient (Wildman–Crippen LogP) is 3.23. The standard InChI is InChI=1S/C18H23N3O/c1-3-11-20-18(22)21-13-16(17-10-6-7-12-19-17)15-9-5-4-8-14(15)2/h4-10,12,16H,3,11,13H2,1-2H3,(H2,20,21,22). The first-order chi connectivity index (χ1) is 10.7. The predicted molar refractivity (Wildman–Crippen MR) is 89.0 cm³/mol. The molecule has 116 valence electrons. The van der Waals surface area contributed by atoms with E-state index in [0.717, 1.165) is 12.1 Å². The zero-order valence-corrected chi connectivity index (χ0v) is 13.2. The van der Waals surface area contributed by atoms with Crippen molar-refractivity contribution in [1.29, 1.82) is 0 Å². The van der Waals surface area contributed by atoms with Gasteiger partial charge < -0.3 is 10.6 Å². The molecule has 0 fully saturated rings. The first-order valence-electron chi connectivity index (χ1n) is 7.70. The number of aromatic nitrogens is 1. The maximum absolute atomic E-state index is 11.8. The van der Waals surface area contributed by atoms with Gasteiger partial charge in [-0.05, 0) is 36.6 Å². The summed E-state index contributed by atoms with van der Waals surface area (Å²) >= 11 is 0. The van der Waals surface area contributed by atoms with Crippen LogP contribution in [0, 0.1) is 6.92 Å². The second kappa shape index (κ2) is 8.17. The molecule has 0 radical (unpaired) electrons. The number of hydrogen-bond acceptors (Lipinski definition) is 2. The summed E-state index contributed by atoms with van der Waals surface area (Å²) in [5, 5.41) is 5.79. The van der Waals surface area contributed by atoms with E-state index in [-0.39, 0.29) is 11.9 Å². The Morgan fingerprint density at radius 2 is 1.91 bits per heavy atom. The Bertz CT molecular complexity index is 598. The third-order valence-electron chi connectivity index (χ3n) is 3.61. The van der Waals surface area contributed by atoms with Gasteiger partial charge in [0.25, 0.3) is 0 Å². The fourth-order valence-corrected chi connectivity index (χ4v) is 2.43. The number of urea groups is 1. The van der Waals surface area contributed by atoms with Gasteiger partial charge in [-0.2, -0.15) is 0 Å². The van der Waals surface area contributed by atoms with Crippen molar-refractivity contribution in [3.8, 4) is 0 Å². The molecule has 2 N–H and O–H groups in total. The molecule has 0 saturated heterocycles. The van der Waals surface area contributed by atoms with Crippen LogP contribution in [-0.2, 0) is 0 Å². The molecule has 0 spiro atoms. The van der Waals surface area contributed by atoms with Gasteiger partial charge >= 0.3 is 6.03 Å². The second-order valence-corrected chi connectivity index (χ2v) is 5.30. The molecular weight excluding hydrogens is 274 g/mol. The summed E-state index contributed by atoms with van der Waals surface area (Å²) in [5.41, 5.74) is 3.36. The molecule has 0 aliphatic heterocycles. The van der Waals surface area contributed by atoms with Crippen molar-refractivity contribution in [3.05, 3.63) is 65.5 Å². The lowest BCUT2D eigenvalue weighted by Gasteiger charge is -2.20. The molecule has 22 heavy (non-hydrogen) atoms. The Balaban J connectivity index is 2.17. The van der Waals surface area contributed by atoms with Gasteiger partial charge in [0.2, 0.25) is 0 Å². The fourth-order valence-electron chi connectivity index (χ4n) is 2.43. The highest BCUT2D eigenvalue weighted by atomic mass is 16.2. The number of carbonyl (C=O) groups excluding carboxylic acids is 1. The van der Waals surface area contributed by atoms with Crippen LogP contribution in [0.4, 0.5) is 4.79 Å². The van der Waals surface area contributed by atoms with Crippen LogP contribution in [0.5, 0.6) is 0 Å². The van der Waals surface area contributed by atoms with E-state index in [1.807, 2.05) is 37.3 Å². The topological polar surface area (TPSA) is 54.0 Å². The Labute approximate surface area is 132 Å². The van der Waals surface area contributed by atoms with Gasteiger partial charge in [0.05, 0.1) is 0 Å². The summed E-state index contributed by atoms with van der Waals surface area (Å²) in [6, 6.07) is 14.0.